The Bertz CT molecular complexity index is 1840. The molecular weight excluding hydrogens is 1110 g/mol. The van der Waals surface area contributed by atoms with Gasteiger partial charge in [0.05, 0.1) is 25.4 Å². The molecule has 1 aliphatic heterocycles. The Morgan fingerprint density at radius 3 is 1.02 bits per heavy atom. The summed E-state index contributed by atoms with van der Waals surface area (Å²) in [5, 5.41) is 54.9. The highest BCUT2D eigenvalue weighted by Crippen LogP contribution is 2.23. The fourth-order valence-corrected chi connectivity index (χ4v) is 11.4. The van der Waals surface area contributed by atoms with Crippen molar-refractivity contribution in [1.82, 2.24) is 5.32 Å². The molecule has 1 fully saturated rings. The van der Waals surface area contributed by atoms with Crippen molar-refractivity contribution in [3.05, 3.63) is 122 Å². The van der Waals surface area contributed by atoms with Crippen LogP contribution in [0.2, 0.25) is 0 Å². The molecule has 9 heteroatoms. The van der Waals surface area contributed by atoms with Gasteiger partial charge in [0.25, 0.3) is 0 Å². The lowest BCUT2D eigenvalue weighted by Crippen LogP contribution is -2.60. The van der Waals surface area contributed by atoms with Gasteiger partial charge in [0, 0.05) is 6.42 Å². The number of aliphatic hydroxyl groups excluding tert-OH is 5. The second-order valence-corrected chi connectivity index (χ2v) is 25.7. The molecule has 1 heterocycles. The maximum Gasteiger partial charge on any atom is 0.220 e. The summed E-state index contributed by atoms with van der Waals surface area (Å²) < 4.78 is 11.3. The van der Waals surface area contributed by atoms with E-state index in [1.807, 2.05) is 6.08 Å². The van der Waals surface area contributed by atoms with Gasteiger partial charge in [-0.3, -0.25) is 4.79 Å². The van der Waals surface area contributed by atoms with Crippen molar-refractivity contribution in [3.63, 3.8) is 0 Å². The molecule has 1 rings (SSSR count). The Kier molecular flexibility index (Phi) is 64.3. The molecule has 0 bridgehead atoms. The smallest absolute Gasteiger partial charge is 0.220 e. The van der Waals surface area contributed by atoms with Crippen molar-refractivity contribution in [2.24, 2.45) is 0 Å². The zero-order valence-electron chi connectivity index (χ0n) is 58.1. The predicted octanol–water partition coefficient (Wildman–Crippen LogP) is 21.4. The summed E-state index contributed by atoms with van der Waals surface area (Å²) in [7, 11) is 0. The first-order chi connectivity index (χ1) is 44.3. The van der Waals surface area contributed by atoms with E-state index < -0.39 is 49.5 Å². The van der Waals surface area contributed by atoms with E-state index in [0.29, 0.717) is 6.42 Å². The first-order valence-electron chi connectivity index (χ1n) is 37.8. The molecule has 9 nitrogen and oxygen atoms in total. The zero-order chi connectivity index (χ0) is 64.9. The highest BCUT2D eigenvalue weighted by molar-refractivity contribution is 5.76. The van der Waals surface area contributed by atoms with E-state index >= 15 is 0 Å². The van der Waals surface area contributed by atoms with Gasteiger partial charge < -0.3 is 40.3 Å². The average Bonchev–Trinajstić information content (AvgIpc) is 1.28. The number of hydrogen-bond donors (Lipinski definition) is 6. The van der Waals surface area contributed by atoms with Crippen molar-refractivity contribution in [2.45, 2.75) is 371 Å². The van der Waals surface area contributed by atoms with Gasteiger partial charge in [0.15, 0.2) is 6.29 Å². The molecule has 7 unspecified atom stereocenters. The number of carbonyl (C=O) groups excluding carboxylic acids is 1. The minimum Gasteiger partial charge on any atom is -0.394 e. The third-order valence-electron chi connectivity index (χ3n) is 17.3. The van der Waals surface area contributed by atoms with E-state index in [1.54, 1.807) is 6.08 Å². The van der Waals surface area contributed by atoms with Gasteiger partial charge in [0.2, 0.25) is 5.91 Å². The lowest BCUT2D eigenvalue weighted by Gasteiger charge is -2.40. The first-order valence-corrected chi connectivity index (χ1v) is 37.8. The Morgan fingerprint density at radius 2 is 0.689 bits per heavy atom. The molecule has 518 valence electrons. The fraction of sp³-hybridized carbons (Fsp3) is 0.741. The number of carbonyl (C=O) groups is 1. The molecule has 0 spiro atoms. The molecule has 0 aromatic rings. The van der Waals surface area contributed by atoms with Crippen LogP contribution in [-0.4, -0.2) is 87.5 Å². The summed E-state index contributed by atoms with van der Waals surface area (Å²) in [6.07, 6.45) is 96.0. The summed E-state index contributed by atoms with van der Waals surface area (Å²) in [6, 6.07) is -0.822. The molecule has 1 saturated heterocycles. The third-order valence-corrected chi connectivity index (χ3v) is 17.3. The van der Waals surface area contributed by atoms with Crippen LogP contribution in [0.15, 0.2) is 122 Å². The van der Waals surface area contributed by atoms with Crippen LogP contribution in [0.4, 0.5) is 0 Å². The topological polar surface area (TPSA) is 149 Å². The van der Waals surface area contributed by atoms with E-state index in [4.69, 9.17) is 9.47 Å². The van der Waals surface area contributed by atoms with Crippen molar-refractivity contribution < 1.29 is 39.8 Å². The van der Waals surface area contributed by atoms with E-state index in [-0.39, 0.29) is 12.5 Å². The predicted molar refractivity (Wildman–Crippen MR) is 387 cm³/mol. The molecule has 1 amide bonds. The lowest BCUT2D eigenvalue weighted by molar-refractivity contribution is -0.302. The van der Waals surface area contributed by atoms with Crippen LogP contribution in [0.1, 0.15) is 328 Å². The maximum atomic E-state index is 13.2. The van der Waals surface area contributed by atoms with E-state index in [0.717, 1.165) is 109 Å². The van der Waals surface area contributed by atoms with Gasteiger partial charge in [0.1, 0.15) is 24.4 Å². The first kappa shape index (κ1) is 84.6. The van der Waals surface area contributed by atoms with Crippen molar-refractivity contribution in [3.8, 4) is 0 Å². The summed E-state index contributed by atoms with van der Waals surface area (Å²) in [4.78, 5) is 13.2. The molecule has 0 aromatic heterocycles. The minimum atomic E-state index is -1.58. The summed E-state index contributed by atoms with van der Waals surface area (Å²) in [6.45, 7) is 3.69. The van der Waals surface area contributed by atoms with E-state index in [1.165, 1.54) is 199 Å². The highest BCUT2D eigenvalue weighted by Gasteiger charge is 2.44. The number of aliphatic hydroxyl groups is 5. The Balaban J connectivity index is 2.15. The van der Waals surface area contributed by atoms with Gasteiger partial charge >= 0.3 is 0 Å². The summed E-state index contributed by atoms with van der Waals surface area (Å²) >= 11 is 0. The second kappa shape index (κ2) is 68.4. The molecule has 0 aliphatic carbocycles. The molecule has 7 atom stereocenters. The van der Waals surface area contributed by atoms with Crippen LogP contribution in [-0.2, 0) is 14.3 Å². The van der Waals surface area contributed by atoms with Crippen LogP contribution < -0.4 is 5.32 Å². The SMILES string of the molecule is CC/C=C\C/C=C\C/C=C\C/C=C\C/C=C\C/C=C\C/C=C\C/C=C\C/C=C\CCCCCCCCCC(=O)NC(COC1OC(CO)C(O)C(O)C1O)C(O)/C=C/CCCCCCCCCCCCCCCCCCCCCCCCCCCCCCCC. The quantitative estimate of drug-likeness (QED) is 0.0261. The van der Waals surface area contributed by atoms with Crippen LogP contribution in [0.25, 0.3) is 0 Å². The largest absolute Gasteiger partial charge is 0.394 e. The van der Waals surface area contributed by atoms with Gasteiger partial charge in [-0.1, -0.05) is 354 Å². The van der Waals surface area contributed by atoms with Crippen LogP contribution in [0.3, 0.4) is 0 Å². The van der Waals surface area contributed by atoms with E-state index in [9.17, 15) is 30.3 Å². The van der Waals surface area contributed by atoms with Crippen molar-refractivity contribution >= 4 is 5.91 Å². The zero-order valence-corrected chi connectivity index (χ0v) is 58.1. The third kappa shape index (κ3) is 56.2. The summed E-state index contributed by atoms with van der Waals surface area (Å²) in [5.41, 5.74) is 0. The lowest BCUT2D eigenvalue weighted by atomic mass is 9.99. The van der Waals surface area contributed by atoms with Gasteiger partial charge in [-0.15, -0.1) is 0 Å². The molecule has 1 aliphatic rings. The monoisotopic (exact) mass is 1260 g/mol. The van der Waals surface area contributed by atoms with Gasteiger partial charge in [-0.2, -0.15) is 0 Å². The number of allylic oxidation sites excluding steroid dienone is 19. The molecular formula is C81H141NO8. The number of unbranched alkanes of at least 4 members (excludes halogenated alkanes) is 37. The minimum absolute atomic E-state index is 0.189. The second-order valence-electron chi connectivity index (χ2n) is 25.7. The molecule has 90 heavy (non-hydrogen) atoms. The highest BCUT2D eigenvalue weighted by atomic mass is 16.7. The maximum absolute atomic E-state index is 13.2. The number of ether oxygens (including phenoxy) is 2. The Hall–Kier alpha value is -3.41. The molecule has 0 radical (unpaired) electrons. The number of nitrogens with one attached hydrogen (secondary N) is 1. The van der Waals surface area contributed by atoms with Crippen molar-refractivity contribution in [1.29, 1.82) is 0 Å². The number of hydrogen-bond acceptors (Lipinski definition) is 8. The fourth-order valence-electron chi connectivity index (χ4n) is 11.4. The number of rotatable bonds is 65. The van der Waals surface area contributed by atoms with Crippen LogP contribution >= 0.6 is 0 Å². The van der Waals surface area contributed by atoms with Gasteiger partial charge in [-0.25, -0.2) is 0 Å². The van der Waals surface area contributed by atoms with Crippen molar-refractivity contribution in [2.75, 3.05) is 13.2 Å². The van der Waals surface area contributed by atoms with Gasteiger partial charge in [-0.05, 0) is 89.9 Å². The Labute approximate surface area is 554 Å². The standard InChI is InChI=1S/C81H141NO8/c1-3-5-7-9-11-13-15-17-19-21-23-25-27-29-31-33-35-37-38-39-41-43-45-47-49-51-53-55-57-59-61-63-65-67-69-71-77(85)82-74(73-89-81-80(88)79(87)78(86)76(72-83)90-81)75(84)70-68-66-64-62-60-58-56-54-52-50-48-46-44-42-40-36-34-32-30-28-26-24-22-20-18-16-14-12-10-8-6-4-2/h5,7,11,13,17,19,23,25,29,31,35,37,39,41,45,47,51,53,68,70,74-76,78-81,83-84,86-88H,3-4,6,8-10,12,14-16,18,20-22,24,26-28,30,32-34,36,38,40,42-44,46,48-50,52,54-67,69,71-73H2,1-2H3,(H,82,85)/b7-5-,13-11-,19-17-,25-23-,31-29-,37-35-,41-39-,47-45-,53-51-,70-68+. The molecule has 0 saturated carbocycles. The van der Waals surface area contributed by atoms with E-state index in [2.05, 4.69) is 129 Å². The van der Waals surface area contributed by atoms with Crippen LogP contribution in [0, 0.1) is 0 Å². The molecule has 6 N–H and O–H groups in total. The number of amides is 1. The summed E-state index contributed by atoms with van der Waals surface area (Å²) in [5.74, 6) is -0.189. The normalized spacial score (nSPS) is 18.5. The average molecular weight is 1260 g/mol. The van der Waals surface area contributed by atoms with Crippen LogP contribution in [0.5, 0.6) is 0 Å². The molecule has 0 aromatic carbocycles. The Morgan fingerprint density at radius 1 is 0.389 bits per heavy atom.